The van der Waals surface area contributed by atoms with Crippen LogP contribution in [-0.2, 0) is 0 Å². The third-order valence-corrected chi connectivity index (χ3v) is 2.46. The molecule has 5 heteroatoms. The van der Waals surface area contributed by atoms with Crippen molar-refractivity contribution >= 4 is 17.6 Å². The SMILES string of the molecule is COc1cc(C(=O)O)ccc1OCCCCCl. The number of carboxylic acid groups (broad SMARTS) is 1. The Morgan fingerprint density at radius 2 is 2.12 bits per heavy atom. The van der Waals surface area contributed by atoms with Gasteiger partial charge in [-0.05, 0) is 31.0 Å². The molecule has 1 aromatic carbocycles. The molecule has 0 saturated carbocycles. The second kappa shape index (κ2) is 7.01. The summed E-state index contributed by atoms with van der Waals surface area (Å²) in [5.41, 5.74) is 0.176. The second-order valence-corrected chi connectivity index (χ2v) is 3.79. The average Bonchev–Trinajstić information content (AvgIpc) is 2.34. The first-order valence-electron chi connectivity index (χ1n) is 5.29. The van der Waals surface area contributed by atoms with Gasteiger partial charge in [-0.2, -0.15) is 0 Å². The van der Waals surface area contributed by atoms with Crippen LogP contribution in [0.25, 0.3) is 0 Å². The van der Waals surface area contributed by atoms with Crippen LogP contribution in [0.5, 0.6) is 11.5 Å². The van der Waals surface area contributed by atoms with Crippen molar-refractivity contribution in [1.82, 2.24) is 0 Å². The molecule has 0 unspecified atom stereocenters. The first-order valence-corrected chi connectivity index (χ1v) is 5.82. The fraction of sp³-hybridized carbons (Fsp3) is 0.417. The van der Waals surface area contributed by atoms with Gasteiger partial charge in [0.15, 0.2) is 11.5 Å². The van der Waals surface area contributed by atoms with Gasteiger partial charge in [0.25, 0.3) is 0 Å². The molecule has 0 aliphatic heterocycles. The number of rotatable bonds is 7. The molecular weight excluding hydrogens is 244 g/mol. The summed E-state index contributed by atoms with van der Waals surface area (Å²) in [6.07, 6.45) is 1.74. The summed E-state index contributed by atoms with van der Waals surface area (Å²) in [6, 6.07) is 4.53. The van der Waals surface area contributed by atoms with Gasteiger partial charge in [0.05, 0.1) is 19.3 Å². The van der Waals surface area contributed by atoms with Crippen molar-refractivity contribution in [2.24, 2.45) is 0 Å². The standard InChI is InChI=1S/C12H15ClO4/c1-16-11-8-9(12(14)15)4-5-10(11)17-7-3-2-6-13/h4-5,8H,2-3,6-7H2,1H3,(H,14,15). The van der Waals surface area contributed by atoms with Crippen molar-refractivity contribution in [2.45, 2.75) is 12.8 Å². The van der Waals surface area contributed by atoms with Crippen molar-refractivity contribution in [3.63, 3.8) is 0 Å². The highest BCUT2D eigenvalue weighted by molar-refractivity contribution is 6.17. The molecule has 94 valence electrons. The lowest BCUT2D eigenvalue weighted by atomic mass is 10.2. The summed E-state index contributed by atoms with van der Waals surface area (Å²) in [6.45, 7) is 0.537. The Balaban J connectivity index is 2.68. The van der Waals surface area contributed by atoms with Crippen LogP contribution in [0.15, 0.2) is 18.2 Å². The van der Waals surface area contributed by atoms with Gasteiger partial charge in [-0.3, -0.25) is 0 Å². The lowest BCUT2D eigenvalue weighted by molar-refractivity contribution is 0.0696. The van der Waals surface area contributed by atoms with E-state index in [-0.39, 0.29) is 5.56 Å². The Morgan fingerprint density at radius 3 is 2.71 bits per heavy atom. The highest BCUT2D eigenvalue weighted by atomic mass is 35.5. The molecule has 0 spiro atoms. The monoisotopic (exact) mass is 258 g/mol. The molecule has 0 saturated heterocycles. The van der Waals surface area contributed by atoms with E-state index in [1.165, 1.54) is 19.2 Å². The number of ether oxygens (including phenoxy) is 2. The number of carboxylic acids is 1. The Labute approximate surface area is 105 Å². The van der Waals surface area contributed by atoms with Crippen LogP contribution >= 0.6 is 11.6 Å². The summed E-state index contributed by atoms with van der Waals surface area (Å²) in [7, 11) is 1.48. The zero-order valence-electron chi connectivity index (χ0n) is 9.61. The third kappa shape index (κ3) is 4.15. The van der Waals surface area contributed by atoms with Crippen molar-refractivity contribution in [3.8, 4) is 11.5 Å². The lowest BCUT2D eigenvalue weighted by Crippen LogP contribution is -2.02. The predicted octanol–water partition coefficient (Wildman–Crippen LogP) is 2.79. The fourth-order valence-electron chi connectivity index (χ4n) is 1.30. The van der Waals surface area contributed by atoms with Crippen LogP contribution < -0.4 is 9.47 Å². The molecule has 4 nitrogen and oxygen atoms in total. The maximum Gasteiger partial charge on any atom is 0.335 e. The summed E-state index contributed by atoms with van der Waals surface area (Å²) in [5, 5.41) is 8.83. The normalized spacial score (nSPS) is 10.0. The highest BCUT2D eigenvalue weighted by Gasteiger charge is 2.09. The predicted molar refractivity (Wildman–Crippen MR) is 65.4 cm³/mol. The minimum atomic E-state index is -0.989. The minimum Gasteiger partial charge on any atom is -0.493 e. The molecule has 1 N–H and O–H groups in total. The first-order chi connectivity index (χ1) is 8.19. The van der Waals surface area contributed by atoms with E-state index in [1.807, 2.05) is 0 Å². The molecule has 17 heavy (non-hydrogen) atoms. The van der Waals surface area contributed by atoms with Crippen molar-refractivity contribution in [2.75, 3.05) is 19.6 Å². The Hall–Kier alpha value is -1.42. The number of unbranched alkanes of at least 4 members (excludes halogenated alkanes) is 1. The van der Waals surface area contributed by atoms with Crippen LogP contribution in [0.2, 0.25) is 0 Å². The van der Waals surface area contributed by atoms with Gasteiger partial charge in [-0.15, -0.1) is 11.6 Å². The topological polar surface area (TPSA) is 55.8 Å². The smallest absolute Gasteiger partial charge is 0.335 e. The lowest BCUT2D eigenvalue weighted by Gasteiger charge is -2.10. The van der Waals surface area contributed by atoms with E-state index < -0.39 is 5.97 Å². The molecule has 1 aromatic rings. The van der Waals surface area contributed by atoms with Crippen LogP contribution in [0.1, 0.15) is 23.2 Å². The van der Waals surface area contributed by atoms with Crippen molar-refractivity contribution < 1.29 is 19.4 Å². The zero-order valence-corrected chi connectivity index (χ0v) is 10.4. The molecule has 0 aliphatic carbocycles. The Kier molecular flexibility index (Phi) is 5.63. The molecule has 0 aromatic heterocycles. The van der Waals surface area contributed by atoms with Crippen LogP contribution in [-0.4, -0.2) is 30.7 Å². The van der Waals surface area contributed by atoms with E-state index in [0.717, 1.165) is 12.8 Å². The first kappa shape index (κ1) is 13.6. The van der Waals surface area contributed by atoms with Gasteiger partial charge < -0.3 is 14.6 Å². The van der Waals surface area contributed by atoms with Crippen LogP contribution in [0.3, 0.4) is 0 Å². The van der Waals surface area contributed by atoms with E-state index in [0.29, 0.717) is 24.0 Å². The van der Waals surface area contributed by atoms with E-state index >= 15 is 0 Å². The van der Waals surface area contributed by atoms with E-state index in [2.05, 4.69) is 0 Å². The number of halogens is 1. The zero-order chi connectivity index (χ0) is 12.7. The summed E-state index contributed by atoms with van der Waals surface area (Å²) >= 11 is 5.55. The van der Waals surface area contributed by atoms with E-state index in [1.54, 1.807) is 6.07 Å². The van der Waals surface area contributed by atoms with Crippen LogP contribution in [0, 0.1) is 0 Å². The van der Waals surface area contributed by atoms with Gasteiger partial charge in [0.2, 0.25) is 0 Å². The number of carbonyl (C=O) groups is 1. The molecule has 0 fully saturated rings. The maximum absolute atomic E-state index is 10.8. The molecule has 0 atom stereocenters. The highest BCUT2D eigenvalue weighted by Crippen LogP contribution is 2.28. The molecule has 0 aliphatic rings. The maximum atomic E-state index is 10.8. The van der Waals surface area contributed by atoms with Crippen molar-refractivity contribution in [3.05, 3.63) is 23.8 Å². The molecular formula is C12H15ClO4. The largest absolute Gasteiger partial charge is 0.493 e. The number of hydrogen-bond acceptors (Lipinski definition) is 3. The van der Waals surface area contributed by atoms with Gasteiger partial charge in [0.1, 0.15) is 0 Å². The number of benzene rings is 1. The van der Waals surface area contributed by atoms with E-state index in [4.69, 9.17) is 26.2 Å². The molecule has 0 radical (unpaired) electrons. The molecule has 0 heterocycles. The van der Waals surface area contributed by atoms with Crippen molar-refractivity contribution in [1.29, 1.82) is 0 Å². The van der Waals surface area contributed by atoms with E-state index in [9.17, 15) is 4.79 Å². The third-order valence-electron chi connectivity index (χ3n) is 2.20. The minimum absolute atomic E-state index is 0.176. The average molecular weight is 259 g/mol. The van der Waals surface area contributed by atoms with Gasteiger partial charge >= 0.3 is 5.97 Å². The second-order valence-electron chi connectivity index (χ2n) is 3.42. The quantitative estimate of drug-likeness (QED) is 0.604. The fourth-order valence-corrected chi connectivity index (χ4v) is 1.49. The number of alkyl halides is 1. The molecule has 0 amide bonds. The van der Waals surface area contributed by atoms with Gasteiger partial charge in [0, 0.05) is 5.88 Å². The molecule has 1 rings (SSSR count). The van der Waals surface area contributed by atoms with Gasteiger partial charge in [-0.1, -0.05) is 0 Å². The number of aromatic carboxylic acids is 1. The summed E-state index contributed by atoms with van der Waals surface area (Å²) in [5.74, 6) is 0.596. The Bertz CT molecular complexity index is 379. The summed E-state index contributed by atoms with van der Waals surface area (Å²) < 4.78 is 10.6. The molecule has 0 bridgehead atoms. The number of hydrogen-bond donors (Lipinski definition) is 1. The number of methoxy groups -OCH3 is 1. The van der Waals surface area contributed by atoms with Crippen LogP contribution in [0.4, 0.5) is 0 Å². The summed E-state index contributed by atoms with van der Waals surface area (Å²) in [4.78, 5) is 10.8. The Morgan fingerprint density at radius 1 is 1.35 bits per heavy atom. The van der Waals surface area contributed by atoms with Gasteiger partial charge in [-0.25, -0.2) is 4.79 Å².